The second-order valence-electron chi connectivity index (χ2n) is 14.6. The minimum absolute atomic E-state index is 0.598. The summed E-state index contributed by atoms with van der Waals surface area (Å²) in [7, 11) is 0. The van der Waals surface area contributed by atoms with Gasteiger partial charge in [-0.1, -0.05) is 188 Å². The van der Waals surface area contributed by atoms with E-state index >= 15 is 0 Å². The third-order valence-electron chi connectivity index (χ3n) is 11.1. The maximum atomic E-state index is 5.30. The molecule has 0 spiro atoms. The number of para-hydroxylation sites is 3. The molecule has 5 nitrogen and oxygen atoms in total. The van der Waals surface area contributed by atoms with E-state index in [4.69, 9.17) is 19.9 Å². The molecule has 276 valence electrons. The van der Waals surface area contributed by atoms with E-state index in [-0.39, 0.29) is 0 Å². The minimum Gasteiger partial charge on any atom is -0.292 e. The smallest absolute Gasteiger partial charge is 0.164 e. The average molecular weight is 754 g/mol. The molecule has 0 saturated carbocycles. The topological polar surface area (TPSA) is 56.5 Å². The number of hydrogen-bond donors (Lipinski definition) is 0. The second-order valence-corrected chi connectivity index (χ2v) is 14.6. The van der Waals surface area contributed by atoms with E-state index in [0.717, 1.165) is 77.5 Å². The fourth-order valence-corrected chi connectivity index (χ4v) is 8.32. The van der Waals surface area contributed by atoms with Crippen LogP contribution in [0.5, 0.6) is 0 Å². The lowest BCUT2D eigenvalue weighted by atomic mass is 9.95. The van der Waals surface area contributed by atoms with Crippen molar-refractivity contribution in [2.24, 2.45) is 0 Å². The van der Waals surface area contributed by atoms with Crippen LogP contribution in [0, 0.1) is 0 Å². The molecule has 0 fully saturated rings. The number of aromatic nitrogens is 5. The Bertz CT molecular complexity index is 3160. The van der Waals surface area contributed by atoms with Crippen molar-refractivity contribution in [2.45, 2.75) is 0 Å². The Morgan fingerprint density at radius 2 is 0.695 bits per heavy atom. The van der Waals surface area contributed by atoms with Gasteiger partial charge in [0.2, 0.25) is 0 Å². The first-order valence-electron chi connectivity index (χ1n) is 19.8. The van der Waals surface area contributed by atoms with E-state index in [9.17, 15) is 0 Å². The highest BCUT2D eigenvalue weighted by Crippen LogP contribution is 2.38. The number of fused-ring (bicyclic) bond motifs is 3. The van der Waals surface area contributed by atoms with Crippen molar-refractivity contribution in [2.75, 3.05) is 0 Å². The second kappa shape index (κ2) is 14.5. The van der Waals surface area contributed by atoms with Crippen molar-refractivity contribution >= 4 is 32.6 Å². The molecule has 0 amide bonds. The van der Waals surface area contributed by atoms with Crippen molar-refractivity contribution in [3.8, 4) is 73.5 Å². The molecular weight excluding hydrogens is 719 g/mol. The fraction of sp³-hybridized carbons (Fsp3) is 0. The van der Waals surface area contributed by atoms with Crippen molar-refractivity contribution in [1.82, 2.24) is 24.5 Å². The highest BCUT2D eigenvalue weighted by molar-refractivity contribution is 6.05. The van der Waals surface area contributed by atoms with Gasteiger partial charge in [0, 0.05) is 27.9 Å². The summed E-state index contributed by atoms with van der Waals surface area (Å²) in [6.07, 6.45) is 0. The molecule has 0 atom stereocenters. The van der Waals surface area contributed by atoms with Gasteiger partial charge in [0.15, 0.2) is 17.5 Å². The number of hydrogen-bond acceptors (Lipinski definition) is 4. The Balaban J connectivity index is 1.10. The predicted octanol–water partition coefficient (Wildman–Crippen LogP) is 13.5. The molecule has 0 aliphatic heterocycles. The van der Waals surface area contributed by atoms with Gasteiger partial charge in [0.1, 0.15) is 5.82 Å². The molecule has 9 aromatic carbocycles. The zero-order valence-electron chi connectivity index (χ0n) is 31.9. The van der Waals surface area contributed by atoms with Crippen molar-refractivity contribution in [3.05, 3.63) is 212 Å². The first kappa shape index (κ1) is 34.2. The molecule has 0 aliphatic carbocycles. The Morgan fingerprint density at radius 1 is 0.271 bits per heavy atom. The monoisotopic (exact) mass is 753 g/mol. The van der Waals surface area contributed by atoms with E-state index in [1.165, 1.54) is 11.1 Å². The van der Waals surface area contributed by atoms with Crippen LogP contribution in [-0.2, 0) is 0 Å². The summed E-state index contributed by atoms with van der Waals surface area (Å²) in [6.45, 7) is 0. The van der Waals surface area contributed by atoms with Crippen LogP contribution >= 0.6 is 0 Å². The van der Waals surface area contributed by atoms with Crippen LogP contribution in [0.2, 0.25) is 0 Å². The van der Waals surface area contributed by atoms with Crippen LogP contribution < -0.4 is 0 Å². The maximum Gasteiger partial charge on any atom is 0.164 e. The third kappa shape index (κ3) is 6.13. The molecule has 0 radical (unpaired) electrons. The molecule has 0 N–H and O–H groups in total. The fourth-order valence-electron chi connectivity index (χ4n) is 8.32. The zero-order valence-corrected chi connectivity index (χ0v) is 31.9. The van der Waals surface area contributed by atoms with E-state index in [2.05, 4.69) is 205 Å². The maximum absolute atomic E-state index is 5.30. The Kier molecular flexibility index (Phi) is 8.41. The van der Waals surface area contributed by atoms with E-state index in [0.29, 0.717) is 17.5 Å². The summed E-state index contributed by atoms with van der Waals surface area (Å²) in [6, 6.07) is 73.9. The van der Waals surface area contributed by atoms with Gasteiger partial charge in [-0.05, 0) is 68.1 Å². The third-order valence-corrected chi connectivity index (χ3v) is 11.1. The van der Waals surface area contributed by atoms with Crippen LogP contribution in [0.1, 0.15) is 0 Å². The molecule has 0 unspecified atom stereocenters. The predicted molar refractivity (Wildman–Crippen MR) is 242 cm³/mol. The molecule has 5 heteroatoms. The van der Waals surface area contributed by atoms with Gasteiger partial charge < -0.3 is 0 Å². The Hall–Kier alpha value is -8.02. The summed E-state index contributed by atoms with van der Waals surface area (Å²) in [5, 5.41) is 4.44. The quantitative estimate of drug-likeness (QED) is 0.163. The Labute approximate surface area is 341 Å². The molecule has 2 heterocycles. The van der Waals surface area contributed by atoms with Gasteiger partial charge in [0.05, 0.1) is 11.0 Å². The molecule has 11 rings (SSSR count). The highest BCUT2D eigenvalue weighted by Gasteiger charge is 2.19. The summed E-state index contributed by atoms with van der Waals surface area (Å²) < 4.78 is 2.22. The van der Waals surface area contributed by atoms with Crippen molar-refractivity contribution in [3.63, 3.8) is 0 Å². The van der Waals surface area contributed by atoms with Crippen molar-refractivity contribution in [1.29, 1.82) is 0 Å². The first-order valence-corrected chi connectivity index (χ1v) is 19.8. The number of nitrogens with zero attached hydrogens (tertiary/aromatic N) is 5. The van der Waals surface area contributed by atoms with Gasteiger partial charge >= 0.3 is 0 Å². The SMILES string of the molecule is c1ccc(-c2cccc3c(-c4nc(-c5ccc(-c6nc7ccccc7n6-c6ccccc6)cc5)nc(-c5cccc6c(-c7ccccc7)cccc56)n4)cccc23)cc1. The highest BCUT2D eigenvalue weighted by atomic mass is 15.1. The number of imidazole rings is 1. The van der Waals surface area contributed by atoms with Gasteiger partial charge in [-0.15, -0.1) is 0 Å². The lowest BCUT2D eigenvalue weighted by molar-refractivity contribution is 1.08. The molecule has 0 saturated heterocycles. The van der Waals surface area contributed by atoms with Crippen LogP contribution in [0.3, 0.4) is 0 Å². The van der Waals surface area contributed by atoms with Crippen LogP contribution in [0.15, 0.2) is 212 Å². The summed E-state index contributed by atoms with van der Waals surface area (Å²) in [5.74, 6) is 2.70. The van der Waals surface area contributed by atoms with Crippen LogP contribution in [-0.4, -0.2) is 24.5 Å². The molecule has 59 heavy (non-hydrogen) atoms. The normalized spacial score (nSPS) is 11.4. The molecular formula is C54H35N5. The standard InChI is InChI=1S/C54H35N5/c1-4-16-36(17-5-1)41-22-12-26-45-43(41)24-14-28-47(45)52-56-51(57-53(58-52)48-29-15-25-44-42(23-13-27-46(44)48)37-18-6-2-7-19-37)38-32-34-39(35-33-38)54-55-49-30-10-11-31-50(49)59(54)40-20-8-3-9-21-40/h1-35H. The lowest BCUT2D eigenvalue weighted by Gasteiger charge is -2.14. The van der Waals surface area contributed by atoms with Gasteiger partial charge in [0.25, 0.3) is 0 Å². The molecule has 2 aromatic heterocycles. The largest absolute Gasteiger partial charge is 0.292 e. The van der Waals surface area contributed by atoms with Crippen LogP contribution in [0.4, 0.5) is 0 Å². The summed E-state index contributed by atoms with van der Waals surface area (Å²) in [4.78, 5) is 20.9. The van der Waals surface area contributed by atoms with Gasteiger partial charge in [-0.2, -0.15) is 0 Å². The van der Waals surface area contributed by atoms with E-state index < -0.39 is 0 Å². The number of benzene rings is 9. The minimum atomic E-state index is 0.598. The summed E-state index contributed by atoms with van der Waals surface area (Å²) in [5.41, 5.74) is 11.5. The van der Waals surface area contributed by atoms with E-state index in [1.807, 2.05) is 12.1 Å². The molecule has 0 aliphatic rings. The molecule has 0 bridgehead atoms. The Morgan fingerprint density at radius 3 is 1.24 bits per heavy atom. The van der Waals surface area contributed by atoms with E-state index in [1.54, 1.807) is 0 Å². The van der Waals surface area contributed by atoms with Gasteiger partial charge in [-0.3, -0.25) is 4.57 Å². The molecule has 11 aromatic rings. The lowest BCUT2D eigenvalue weighted by Crippen LogP contribution is -2.01. The van der Waals surface area contributed by atoms with Gasteiger partial charge in [-0.25, -0.2) is 19.9 Å². The average Bonchev–Trinajstić information content (AvgIpc) is 3.71. The summed E-state index contributed by atoms with van der Waals surface area (Å²) >= 11 is 0. The van der Waals surface area contributed by atoms with Crippen molar-refractivity contribution < 1.29 is 0 Å². The first-order chi connectivity index (χ1) is 29.3. The zero-order chi connectivity index (χ0) is 39.1. The van der Waals surface area contributed by atoms with Crippen LogP contribution in [0.25, 0.3) is 106 Å². The number of rotatable bonds is 7.